The van der Waals surface area contributed by atoms with Crippen molar-refractivity contribution in [1.82, 2.24) is 19.6 Å². The first-order valence-electron chi connectivity index (χ1n) is 9.64. The van der Waals surface area contributed by atoms with Crippen molar-refractivity contribution >= 4 is 44.1 Å². The fourth-order valence-corrected chi connectivity index (χ4v) is 4.74. The molecule has 2 heterocycles. The third-order valence-electron chi connectivity index (χ3n) is 4.94. The number of para-hydroxylation sites is 1. The summed E-state index contributed by atoms with van der Waals surface area (Å²) in [6.45, 7) is 4.00. The Morgan fingerprint density at radius 1 is 1.03 bits per heavy atom. The number of nitrogens with zero attached hydrogens (tertiary/aromatic N) is 2. The van der Waals surface area contributed by atoms with Gasteiger partial charge in [-0.3, -0.25) is 4.98 Å². The highest BCUT2D eigenvalue weighted by Crippen LogP contribution is 2.18. The lowest BCUT2D eigenvalue weighted by Crippen LogP contribution is -2.40. The molecule has 0 aliphatic heterocycles. The molecule has 30 heavy (non-hydrogen) atoms. The second kappa shape index (κ2) is 9.57. The molecule has 8 heteroatoms. The van der Waals surface area contributed by atoms with Crippen LogP contribution in [0.5, 0.6) is 0 Å². The van der Waals surface area contributed by atoms with Crippen LogP contribution in [-0.4, -0.2) is 37.1 Å². The molecule has 158 valence electrons. The number of halogens is 1. The molecule has 0 radical (unpaired) electrons. The van der Waals surface area contributed by atoms with Crippen molar-refractivity contribution in [2.24, 2.45) is 0 Å². The molecule has 0 bridgehead atoms. The largest absolute Gasteiger partial charge is 0.346 e. The van der Waals surface area contributed by atoms with Crippen LogP contribution < -0.4 is 10.0 Å². The number of rotatable bonds is 8. The van der Waals surface area contributed by atoms with Crippen LogP contribution in [0.15, 0.2) is 78.1 Å². The highest BCUT2D eigenvalue weighted by molar-refractivity contribution is 7.89. The van der Waals surface area contributed by atoms with Crippen LogP contribution in [0.3, 0.4) is 0 Å². The van der Waals surface area contributed by atoms with E-state index in [0.29, 0.717) is 6.54 Å². The van der Waals surface area contributed by atoms with Crippen molar-refractivity contribution in [3.05, 3.63) is 73.2 Å². The molecule has 4 aromatic rings. The molecular formula is C22H25ClN4O2S. The summed E-state index contributed by atoms with van der Waals surface area (Å²) in [6, 6.07) is 17.0. The topological polar surface area (TPSA) is 76.0 Å². The minimum Gasteiger partial charge on any atom is -0.346 e. The van der Waals surface area contributed by atoms with Crippen LogP contribution in [0, 0.1) is 0 Å². The molecule has 0 aliphatic carbocycles. The monoisotopic (exact) mass is 444 g/mol. The number of fused-ring (bicyclic) bond motifs is 2. The number of pyridine rings is 1. The average Bonchev–Trinajstić information content (AvgIpc) is 3.14. The Morgan fingerprint density at radius 2 is 1.87 bits per heavy atom. The van der Waals surface area contributed by atoms with Gasteiger partial charge in [0.25, 0.3) is 0 Å². The van der Waals surface area contributed by atoms with Crippen LogP contribution in [0.2, 0.25) is 0 Å². The van der Waals surface area contributed by atoms with E-state index in [1.165, 1.54) is 10.9 Å². The molecule has 2 aromatic carbocycles. The predicted molar refractivity (Wildman–Crippen MR) is 124 cm³/mol. The fourth-order valence-electron chi connectivity index (χ4n) is 3.46. The lowest BCUT2D eigenvalue weighted by atomic mass is 10.2. The first-order valence-corrected chi connectivity index (χ1v) is 11.1. The van der Waals surface area contributed by atoms with E-state index in [1.807, 2.05) is 25.1 Å². The molecule has 2 N–H and O–H groups in total. The second-order valence-electron chi connectivity index (χ2n) is 7.18. The van der Waals surface area contributed by atoms with E-state index in [2.05, 4.69) is 44.0 Å². The summed E-state index contributed by atoms with van der Waals surface area (Å²) in [7, 11) is -3.58. The maximum atomic E-state index is 12.7. The van der Waals surface area contributed by atoms with Gasteiger partial charge in [0.1, 0.15) is 0 Å². The maximum absolute atomic E-state index is 12.7. The van der Waals surface area contributed by atoms with Crippen LogP contribution in [0.25, 0.3) is 21.7 Å². The van der Waals surface area contributed by atoms with Gasteiger partial charge in [-0.15, -0.1) is 12.4 Å². The van der Waals surface area contributed by atoms with Gasteiger partial charge in [0.05, 0.1) is 4.90 Å². The van der Waals surface area contributed by atoms with E-state index < -0.39 is 10.0 Å². The summed E-state index contributed by atoms with van der Waals surface area (Å²) in [5.74, 6) is 0. The zero-order chi connectivity index (χ0) is 20.3. The quantitative estimate of drug-likeness (QED) is 0.407. The molecular weight excluding hydrogens is 420 g/mol. The predicted octanol–water partition coefficient (Wildman–Crippen LogP) is 3.57. The Bertz CT molecular complexity index is 1240. The van der Waals surface area contributed by atoms with E-state index in [4.69, 9.17) is 0 Å². The van der Waals surface area contributed by atoms with Gasteiger partial charge in [-0.1, -0.05) is 24.3 Å². The summed E-state index contributed by atoms with van der Waals surface area (Å²) in [4.78, 5) is 4.32. The summed E-state index contributed by atoms with van der Waals surface area (Å²) < 4.78 is 30.3. The summed E-state index contributed by atoms with van der Waals surface area (Å²) >= 11 is 0. The third-order valence-corrected chi connectivity index (χ3v) is 6.53. The van der Waals surface area contributed by atoms with Crippen molar-refractivity contribution in [3.63, 3.8) is 0 Å². The van der Waals surface area contributed by atoms with Crippen LogP contribution in [-0.2, 0) is 16.6 Å². The van der Waals surface area contributed by atoms with Crippen LogP contribution in [0.1, 0.15) is 6.92 Å². The Kier molecular flexibility index (Phi) is 7.10. The first kappa shape index (κ1) is 22.2. The van der Waals surface area contributed by atoms with Crippen molar-refractivity contribution in [2.75, 3.05) is 13.1 Å². The SMILES string of the molecule is CC(CNCCn1ccc2ccccc21)NS(=O)(=O)c1ccc2cnccc2c1.Cl. The number of sulfonamides is 1. The molecule has 0 aliphatic rings. The van der Waals surface area contributed by atoms with Gasteiger partial charge in [-0.25, -0.2) is 13.1 Å². The Labute approximate surface area is 182 Å². The molecule has 0 fully saturated rings. The van der Waals surface area contributed by atoms with Gasteiger partial charge < -0.3 is 9.88 Å². The van der Waals surface area contributed by atoms with E-state index in [0.717, 1.165) is 23.9 Å². The Balaban J connectivity index is 0.00000256. The smallest absolute Gasteiger partial charge is 0.240 e. The highest BCUT2D eigenvalue weighted by Gasteiger charge is 2.17. The van der Waals surface area contributed by atoms with Crippen molar-refractivity contribution in [2.45, 2.75) is 24.4 Å². The van der Waals surface area contributed by atoms with E-state index in [-0.39, 0.29) is 23.3 Å². The van der Waals surface area contributed by atoms with Gasteiger partial charge in [0.2, 0.25) is 10.0 Å². The van der Waals surface area contributed by atoms with Gasteiger partial charge >= 0.3 is 0 Å². The zero-order valence-electron chi connectivity index (χ0n) is 16.7. The zero-order valence-corrected chi connectivity index (χ0v) is 18.3. The van der Waals surface area contributed by atoms with Crippen molar-refractivity contribution in [1.29, 1.82) is 0 Å². The molecule has 0 saturated heterocycles. The number of hydrogen-bond acceptors (Lipinski definition) is 4. The van der Waals surface area contributed by atoms with Crippen LogP contribution >= 0.6 is 12.4 Å². The summed E-state index contributed by atoms with van der Waals surface area (Å²) in [5.41, 5.74) is 1.20. The number of aromatic nitrogens is 2. The van der Waals surface area contributed by atoms with Gasteiger partial charge in [-0.2, -0.15) is 0 Å². The fraction of sp³-hybridized carbons (Fsp3) is 0.227. The van der Waals surface area contributed by atoms with Gasteiger partial charge in [-0.05, 0) is 48.0 Å². The normalized spacial score (nSPS) is 12.7. The Morgan fingerprint density at radius 3 is 2.73 bits per heavy atom. The molecule has 0 saturated carbocycles. The highest BCUT2D eigenvalue weighted by atomic mass is 35.5. The lowest BCUT2D eigenvalue weighted by Gasteiger charge is -2.16. The van der Waals surface area contributed by atoms with E-state index in [1.54, 1.807) is 30.6 Å². The standard InChI is InChI=1S/C22H24N4O2S.ClH/c1-17(15-24-11-13-26-12-9-18-4-2-3-5-22(18)26)25-29(27,28)21-7-6-20-16-23-10-8-19(20)14-21;/h2-10,12,14,16-17,24-25H,11,13,15H2,1H3;1H. The summed E-state index contributed by atoms with van der Waals surface area (Å²) in [5, 5.41) is 6.33. The third kappa shape index (κ3) is 4.99. The number of hydrogen-bond donors (Lipinski definition) is 2. The molecule has 1 atom stereocenters. The van der Waals surface area contributed by atoms with Crippen molar-refractivity contribution < 1.29 is 8.42 Å². The number of benzene rings is 2. The summed E-state index contributed by atoms with van der Waals surface area (Å²) in [6.07, 6.45) is 5.46. The maximum Gasteiger partial charge on any atom is 0.240 e. The van der Waals surface area contributed by atoms with Crippen LogP contribution in [0.4, 0.5) is 0 Å². The molecule has 0 spiro atoms. The van der Waals surface area contributed by atoms with Crippen molar-refractivity contribution in [3.8, 4) is 0 Å². The molecule has 2 aromatic heterocycles. The first-order chi connectivity index (χ1) is 14.0. The second-order valence-corrected chi connectivity index (χ2v) is 8.89. The Hall–Kier alpha value is -2.45. The minimum absolute atomic E-state index is 0. The molecule has 1 unspecified atom stereocenters. The van der Waals surface area contributed by atoms with Gasteiger partial charge in [0.15, 0.2) is 0 Å². The lowest BCUT2D eigenvalue weighted by molar-refractivity contribution is 0.525. The molecule has 4 rings (SSSR count). The van der Waals surface area contributed by atoms with E-state index >= 15 is 0 Å². The van der Waals surface area contributed by atoms with E-state index in [9.17, 15) is 8.42 Å². The molecule has 6 nitrogen and oxygen atoms in total. The number of nitrogens with one attached hydrogen (secondary N) is 2. The van der Waals surface area contributed by atoms with Gasteiger partial charge in [0, 0.05) is 55.2 Å². The minimum atomic E-state index is -3.58. The average molecular weight is 445 g/mol. The molecule has 0 amide bonds.